The van der Waals surface area contributed by atoms with E-state index >= 15 is 4.79 Å². The molecule has 0 aliphatic carbocycles. The van der Waals surface area contributed by atoms with E-state index < -0.39 is 168 Å². The summed E-state index contributed by atoms with van der Waals surface area (Å²) in [6, 6.07) is -12.7. The summed E-state index contributed by atoms with van der Waals surface area (Å²) in [5.41, 5.74) is -2.68. The summed E-state index contributed by atoms with van der Waals surface area (Å²) in [4.78, 5) is 168. The quantitative estimate of drug-likeness (QED) is 0.0970. The van der Waals surface area contributed by atoms with Crippen LogP contribution in [0.25, 0.3) is 0 Å². The van der Waals surface area contributed by atoms with E-state index in [2.05, 4.69) is 26.6 Å². The van der Waals surface area contributed by atoms with Crippen molar-refractivity contribution < 1.29 is 68.1 Å². The third kappa shape index (κ3) is 22.3. The number of hydrogen-bond acceptors (Lipinski definition) is 14. The zero-order valence-electron chi connectivity index (χ0n) is 58.1. The Labute approximate surface area is 531 Å². The van der Waals surface area contributed by atoms with Gasteiger partial charge in [0.15, 0.2) is 0 Å². The summed E-state index contributed by atoms with van der Waals surface area (Å²) in [7, 11) is 7.93. The number of aliphatic hydroxyl groups excluding tert-OH is 2. The van der Waals surface area contributed by atoms with Crippen molar-refractivity contribution in [3.63, 3.8) is 0 Å². The van der Waals surface area contributed by atoms with Crippen molar-refractivity contribution in [1.29, 1.82) is 0 Å². The molecule has 14 atom stereocenters. The van der Waals surface area contributed by atoms with Crippen LogP contribution in [0.2, 0.25) is 0 Å². The Hall–Kier alpha value is -6.21. The predicted octanol–water partition coefficient (Wildman–Crippen LogP) is 2.24. The fraction of sp³-hybridized carbons (Fsp3) is 0.797. The van der Waals surface area contributed by atoms with Crippen molar-refractivity contribution in [3.8, 4) is 0 Å². The molecule has 8 N–H and O–H groups in total. The first-order chi connectivity index (χ1) is 41.0. The van der Waals surface area contributed by atoms with Crippen molar-refractivity contribution >= 4 is 65.0 Å². The fourth-order valence-corrected chi connectivity index (χ4v) is 10.9. The molecule has 510 valence electrons. The van der Waals surface area contributed by atoms with Gasteiger partial charge in [0.25, 0.3) is 5.91 Å². The molecule has 89 heavy (non-hydrogen) atoms. The van der Waals surface area contributed by atoms with Crippen LogP contribution in [0.4, 0.5) is 0 Å². The lowest BCUT2D eigenvalue weighted by atomic mass is 9.91. The van der Waals surface area contributed by atoms with Gasteiger partial charge in [-0.25, -0.2) is 0 Å². The summed E-state index contributed by atoms with van der Waals surface area (Å²) in [5.74, 6) is -13.1. The van der Waals surface area contributed by atoms with Gasteiger partial charge in [-0.2, -0.15) is 0 Å². The van der Waals surface area contributed by atoms with Gasteiger partial charge >= 0.3 is 0 Å². The average molecular weight is 1260 g/mol. The third-order valence-electron chi connectivity index (χ3n) is 16.9. The van der Waals surface area contributed by atoms with Gasteiger partial charge in [-0.05, 0) is 94.3 Å². The Morgan fingerprint density at radius 2 is 0.978 bits per heavy atom. The minimum absolute atomic E-state index is 0.00772. The van der Waals surface area contributed by atoms with E-state index in [4.69, 9.17) is 0 Å². The molecule has 1 fully saturated rings. The Morgan fingerprint density at radius 1 is 0.528 bits per heavy atom. The molecule has 1 saturated heterocycles. The number of nitrogens with one attached hydrogen (secondary N) is 5. The molecule has 0 radical (unpaired) electrons. The van der Waals surface area contributed by atoms with Crippen LogP contribution in [0.15, 0.2) is 12.2 Å². The molecule has 0 aromatic carbocycles. The number of hydrogen-bond donors (Lipinski definition) is 8. The highest BCUT2D eigenvalue weighted by Gasteiger charge is 2.49. The van der Waals surface area contributed by atoms with Crippen LogP contribution in [0.3, 0.4) is 0 Å². The second-order valence-corrected chi connectivity index (χ2v) is 27.2. The van der Waals surface area contributed by atoms with E-state index in [0.717, 1.165) is 24.5 Å². The van der Waals surface area contributed by atoms with Gasteiger partial charge in [0.05, 0.1) is 18.8 Å². The molecule has 0 bridgehead atoms. The fourth-order valence-electron chi connectivity index (χ4n) is 10.9. The van der Waals surface area contributed by atoms with Gasteiger partial charge in [0, 0.05) is 48.2 Å². The molecule has 0 aromatic rings. The van der Waals surface area contributed by atoms with Crippen LogP contribution in [-0.2, 0) is 52.7 Å². The Morgan fingerprint density at radius 3 is 1.43 bits per heavy atom. The normalized spacial score (nSPS) is 27.7. The van der Waals surface area contributed by atoms with Crippen LogP contribution in [0.5, 0.6) is 0 Å². The highest BCUT2D eigenvalue weighted by atomic mass is 16.3. The van der Waals surface area contributed by atoms with E-state index in [1.807, 2.05) is 48.5 Å². The van der Waals surface area contributed by atoms with Crippen molar-refractivity contribution in [3.05, 3.63) is 12.2 Å². The Bertz CT molecular complexity index is 2450. The summed E-state index contributed by atoms with van der Waals surface area (Å²) in [6.45, 7) is 29.7. The SMILES string of the molecule is C/C=C/C[C@@H](C)[C@@H](O)[C@H]1C(=O)N[C@@H]([C@@H](C)O)C(=O)N(C)CC(=O)N(C)[C@H](CC(C)C)C(=O)N[C@@H]([C@@H](C)CC)C(=O)N(C)[C@H](CC(C)C)C(=O)N[C@@H](C)C(=O)N[C@](O)(C(C)C)C(=O)N(C)[C@@H](CC(C)C)C(=O)N[C@@H](CC(C)C)C(=O)N(C)[C@@H](C(C)C)C(=O)N1C. The van der Waals surface area contributed by atoms with Crippen LogP contribution >= 0.6 is 0 Å². The van der Waals surface area contributed by atoms with E-state index in [1.54, 1.807) is 60.6 Å². The smallest absolute Gasteiger partial charge is 0.276 e. The van der Waals surface area contributed by atoms with Gasteiger partial charge in [0.2, 0.25) is 64.8 Å². The highest BCUT2D eigenvalue weighted by Crippen LogP contribution is 2.26. The van der Waals surface area contributed by atoms with Gasteiger partial charge in [0.1, 0.15) is 54.4 Å². The summed E-state index contributed by atoms with van der Waals surface area (Å²) in [6.07, 6.45) is 1.12. The molecule has 11 amide bonds. The summed E-state index contributed by atoms with van der Waals surface area (Å²) in [5, 5.41) is 48.9. The number of allylic oxidation sites excluding steroid dienone is 2. The van der Waals surface area contributed by atoms with E-state index in [0.29, 0.717) is 6.42 Å². The van der Waals surface area contributed by atoms with Gasteiger partial charge in [-0.3, -0.25) is 52.7 Å². The molecule has 25 nitrogen and oxygen atoms in total. The number of amides is 11. The van der Waals surface area contributed by atoms with Crippen molar-refractivity contribution in [2.45, 2.75) is 235 Å². The zero-order valence-corrected chi connectivity index (χ0v) is 58.1. The molecular formula is C64H115N11O14. The number of likely N-dealkylation sites (N-methyl/N-ethyl adjacent to an activating group) is 6. The monoisotopic (exact) mass is 1260 g/mol. The van der Waals surface area contributed by atoms with Crippen LogP contribution < -0.4 is 26.6 Å². The lowest BCUT2D eigenvalue weighted by molar-refractivity contribution is -0.168. The Balaban J connectivity index is 4.47. The molecule has 1 aliphatic heterocycles. The van der Waals surface area contributed by atoms with E-state index in [9.17, 15) is 63.3 Å². The first-order valence-corrected chi connectivity index (χ1v) is 31.8. The van der Waals surface area contributed by atoms with Crippen LogP contribution in [0, 0.1) is 47.3 Å². The number of rotatable bonds is 17. The number of aliphatic hydroxyl groups is 3. The lowest BCUT2D eigenvalue weighted by Crippen LogP contribution is -2.67. The molecule has 1 heterocycles. The molecular weight excluding hydrogens is 1150 g/mol. The predicted molar refractivity (Wildman–Crippen MR) is 340 cm³/mol. The zero-order chi connectivity index (χ0) is 69.2. The van der Waals surface area contributed by atoms with Gasteiger partial charge in [-0.15, -0.1) is 0 Å². The minimum Gasteiger partial charge on any atom is -0.391 e. The maximum Gasteiger partial charge on any atom is 0.276 e. The van der Waals surface area contributed by atoms with Crippen molar-refractivity contribution in [2.75, 3.05) is 48.8 Å². The van der Waals surface area contributed by atoms with Gasteiger partial charge < -0.3 is 71.3 Å². The maximum atomic E-state index is 15.1. The second kappa shape index (κ2) is 36.0. The third-order valence-corrected chi connectivity index (χ3v) is 16.9. The summed E-state index contributed by atoms with van der Waals surface area (Å²) >= 11 is 0. The minimum atomic E-state index is -2.68. The molecule has 1 rings (SSSR count). The van der Waals surface area contributed by atoms with Crippen molar-refractivity contribution in [2.24, 2.45) is 47.3 Å². The van der Waals surface area contributed by atoms with Crippen LogP contribution in [-0.4, -0.2) is 231 Å². The number of nitrogens with zero attached hydrogens (tertiary/aromatic N) is 6. The molecule has 25 heteroatoms. The standard InChI is InChI=1S/C64H115N11O14/c1-25-27-28-41(16)53(78)52-58(83)68-50(43(18)76)60(85)70(19)33-48(77)71(20)45(30-35(5)6)57(82)67-49(40(15)26-2)61(86)72(21)46(31-36(7)8)55(80)65-42(17)54(79)69-64(89,39(13)14)63(88)73(22)47(32-37(9)10)56(81)66-44(29-34(3)4)59(84)74(23)51(38(11)12)62(87)75(52)24/h25,27,34-47,49-53,76,78,89H,26,28-33H2,1-24H3,(H,65,80)(H,66,81)(H,67,82)(H,68,83)(H,69,79)/b27-25+/t40-,41+,42-,43+,44-,45+,46+,47-,49-,50-,51-,52-,53+,64-/m0/s1. The lowest BCUT2D eigenvalue weighted by Gasteiger charge is -2.40. The molecule has 0 aromatic heterocycles. The first-order valence-electron chi connectivity index (χ1n) is 31.8. The molecule has 1 aliphatic rings. The molecule has 0 spiro atoms. The summed E-state index contributed by atoms with van der Waals surface area (Å²) < 4.78 is 0. The molecule has 0 unspecified atom stereocenters. The highest BCUT2D eigenvalue weighted by molar-refractivity contribution is 6.00. The first kappa shape index (κ1) is 80.8. The Kier molecular flexibility index (Phi) is 32.7. The van der Waals surface area contributed by atoms with E-state index in [1.165, 1.54) is 74.9 Å². The van der Waals surface area contributed by atoms with E-state index in [-0.39, 0.29) is 55.8 Å². The average Bonchev–Trinajstić information content (AvgIpc) is 1.20. The number of carbonyl (C=O) groups is 11. The molecule has 0 saturated carbocycles. The maximum absolute atomic E-state index is 15.1. The van der Waals surface area contributed by atoms with Crippen molar-refractivity contribution in [1.82, 2.24) is 56.0 Å². The van der Waals surface area contributed by atoms with Crippen LogP contribution in [0.1, 0.15) is 163 Å². The number of carbonyl (C=O) groups excluding carboxylic acids is 11. The largest absolute Gasteiger partial charge is 0.391 e. The second-order valence-electron chi connectivity index (χ2n) is 27.2. The topological polar surface area (TPSA) is 328 Å². The van der Waals surface area contributed by atoms with Gasteiger partial charge in [-0.1, -0.05) is 122 Å².